The molecule has 1 N–H and O–H groups in total. The zero-order valence-electron chi connectivity index (χ0n) is 18.0. The lowest BCUT2D eigenvalue weighted by Gasteiger charge is -2.11. The van der Waals surface area contributed by atoms with E-state index in [0.717, 1.165) is 27.0 Å². The van der Waals surface area contributed by atoms with Gasteiger partial charge < -0.3 is 9.47 Å². The predicted octanol–water partition coefficient (Wildman–Crippen LogP) is 4.69. The van der Waals surface area contributed by atoms with Gasteiger partial charge in [0.2, 0.25) is 0 Å². The smallest absolute Gasteiger partial charge is 0.250 e. The van der Waals surface area contributed by atoms with Crippen LogP contribution in [0.5, 0.6) is 11.5 Å². The zero-order valence-corrected chi connectivity index (χ0v) is 20.4. The summed E-state index contributed by atoms with van der Waals surface area (Å²) in [6.45, 7) is 4.22. The van der Waals surface area contributed by atoms with Gasteiger partial charge in [0.15, 0.2) is 16.7 Å². The van der Waals surface area contributed by atoms with Gasteiger partial charge in [0.25, 0.3) is 5.91 Å². The van der Waals surface area contributed by atoms with E-state index in [4.69, 9.17) is 9.47 Å². The SMILES string of the molecule is COc1cc(/C=N\NC(=O)CSc2nc(C)cc(C)n2)ccc1OCc1ccc(Br)cc1. The van der Waals surface area contributed by atoms with Gasteiger partial charge in [-0.1, -0.05) is 39.8 Å². The van der Waals surface area contributed by atoms with E-state index in [1.807, 2.05) is 56.3 Å². The number of hydrogen-bond donors (Lipinski definition) is 1. The molecule has 0 fully saturated rings. The average molecular weight is 515 g/mol. The molecule has 7 nitrogen and oxygen atoms in total. The van der Waals surface area contributed by atoms with Crippen molar-refractivity contribution in [1.29, 1.82) is 0 Å². The largest absolute Gasteiger partial charge is 0.493 e. The van der Waals surface area contributed by atoms with Crippen LogP contribution < -0.4 is 14.9 Å². The topological polar surface area (TPSA) is 85.7 Å². The van der Waals surface area contributed by atoms with Crippen molar-refractivity contribution < 1.29 is 14.3 Å². The van der Waals surface area contributed by atoms with Crippen LogP contribution >= 0.6 is 27.7 Å². The van der Waals surface area contributed by atoms with Crippen LogP contribution in [-0.4, -0.2) is 35.0 Å². The number of aromatic nitrogens is 2. The second-order valence-electron chi connectivity index (χ2n) is 6.84. The fraction of sp³-hybridized carbons (Fsp3) is 0.217. The maximum absolute atomic E-state index is 12.0. The molecular formula is C23H23BrN4O3S. The number of hydrazone groups is 1. The van der Waals surface area contributed by atoms with Crippen molar-refractivity contribution in [2.45, 2.75) is 25.6 Å². The first-order chi connectivity index (χ1) is 15.4. The molecule has 0 saturated carbocycles. The molecule has 0 bridgehead atoms. The Morgan fingerprint density at radius 3 is 2.50 bits per heavy atom. The molecule has 1 aromatic heterocycles. The minimum Gasteiger partial charge on any atom is -0.493 e. The summed E-state index contributed by atoms with van der Waals surface area (Å²) in [4.78, 5) is 20.7. The lowest BCUT2D eigenvalue weighted by atomic mass is 10.2. The highest BCUT2D eigenvalue weighted by molar-refractivity contribution is 9.10. The predicted molar refractivity (Wildman–Crippen MR) is 129 cm³/mol. The van der Waals surface area contributed by atoms with Crippen LogP contribution in [0.15, 0.2) is 63.3 Å². The van der Waals surface area contributed by atoms with Crippen molar-refractivity contribution in [3.63, 3.8) is 0 Å². The normalized spacial score (nSPS) is 10.9. The Kier molecular flexibility index (Phi) is 8.64. The molecule has 3 aromatic rings. The monoisotopic (exact) mass is 514 g/mol. The Hall–Kier alpha value is -2.91. The first-order valence-corrected chi connectivity index (χ1v) is 11.5. The van der Waals surface area contributed by atoms with Crippen LogP contribution in [0, 0.1) is 13.8 Å². The van der Waals surface area contributed by atoms with Crippen LogP contribution in [0.1, 0.15) is 22.5 Å². The number of nitrogens with zero attached hydrogens (tertiary/aromatic N) is 3. The third kappa shape index (κ3) is 7.35. The fourth-order valence-electron chi connectivity index (χ4n) is 2.72. The van der Waals surface area contributed by atoms with Crippen LogP contribution in [-0.2, 0) is 11.4 Å². The molecular weight excluding hydrogens is 492 g/mol. The summed E-state index contributed by atoms with van der Waals surface area (Å²) < 4.78 is 12.3. The van der Waals surface area contributed by atoms with Crippen molar-refractivity contribution in [2.75, 3.05) is 12.9 Å². The van der Waals surface area contributed by atoms with Crippen molar-refractivity contribution in [2.24, 2.45) is 5.10 Å². The number of rotatable bonds is 9. The quantitative estimate of drug-likeness (QED) is 0.193. The molecule has 0 spiro atoms. The van der Waals surface area contributed by atoms with Crippen LogP contribution in [0.2, 0.25) is 0 Å². The first-order valence-electron chi connectivity index (χ1n) is 9.75. The van der Waals surface area contributed by atoms with Gasteiger partial charge in [0, 0.05) is 15.9 Å². The van der Waals surface area contributed by atoms with Gasteiger partial charge in [-0.15, -0.1) is 0 Å². The summed E-state index contributed by atoms with van der Waals surface area (Å²) >= 11 is 4.69. The standard InChI is InChI=1S/C23H23BrN4O3S/c1-15-10-16(2)27-23(26-15)32-14-22(29)28-25-12-18-6-9-20(21(11-18)30-3)31-13-17-4-7-19(24)8-5-17/h4-12H,13-14H2,1-3H3,(H,28,29)/b25-12-. The van der Waals surface area contributed by atoms with Gasteiger partial charge in [-0.05, 0) is 61.4 Å². The second-order valence-corrected chi connectivity index (χ2v) is 8.70. The Labute approximate surface area is 199 Å². The third-order valence-electron chi connectivity index (χ3n) is 4.19. The molecule has 166 valence electrons. The van der Waals surface area contributed by atoms with Gasteiger partial charge in [0.1, 0.15) is 6.61 Å². The summed E-state index contributed by atoms with van der Waals surface area (Å²) in [5, 5.41) is 4.59. The summed E-state index contributed by atoms with van der Waals surface area (Å²) in [5.74, 6) is 1.14. The van der Waals surface area contributed by atoms with Gasteiger partial charge >= 0.3 is 0 Å². The minimum atomic E-state index is -0.240. The summed E-state index contributed by atoms with van der Waals surface area (Å²) in [6, 6.07) is 15.3. The molecule has 0 saturated heterocycles. The average Bonchev–Trinajstić information content (AvgIpc) is 2.77. The highest BCUT2D eigenvalue weighted by Gasteiger charge is 2.07. The number of carbonyl (C=O) groups excluding carboxylic acids is 1. The van der Waals surface area contributed by atoms with E-state index in [2.05, 4.69) is 36.4 Å². The summed E-state index contributed by atoms with van der Waals surface area (Å²) in [5.41, 5.74) is 6.07. The van der Waals surface area contributed by atoms with E-state index in [1.54, 1.807) is 19.4 Å². The van der Waals surface area contributed by atoms with Gasteiger partial charge in [-0.25, -0.2) is 15.4 Å². The van der Waals surface area contributed by atoms with E-state index in [9.17, 15) is 4.79 Å². The van der Waals surface area contributed by atoms with Crippen LogP contribution in [0.4, 0.5) is 0 Å². The van der Waals surface area contributed by atoms with E-state index < -0.39 is 0 Å². The molecule has 3 rings (SSSR count). The van der Waals surface area contributed by atoms with Gasteiger partial charge in [-0.2, -0.15) is 5.10 Å². The molecule has 9 heteroatoms. The molecule has 0 radical (unpaired) electrons. The van der Waals surface area contributed by atoms with Crippen molar-refractivity contribution in [1.82, 2.24) is 15.4 Å². The Balaban J connectivity index is 1.52. The van der Waals surface area contributed by atoms with Crippen molar-refractivity contribution in [3.05, 3.63) is 75.5 Å². The highest BCUT2D eigenvalue weighted by atomic mass is 79.9. The number of halogens is 1. The Bertz CT molecular complexity index is 1090. The van der Waals surface area contributed by atoms with E-state index in [0.29, 0.717) is 23.3 Å². The number of thioether (sulfide) groups is 1. The third-order valence-corrected chi connectivity index (χ3v) is 5.57. The molecule has 0 atom stereocenters. The molecule has 0 aliphatic rings. The van der Waals surface area contributed by atoms with Crippen molar-refractivity contribution in [3.8, 4) is 11.5 Å². The number of amides is 1. The van der Waals surface area contributed by atoms with Crippen LogP contribution in [0.3, 0.4) is 0 Å². The van der Waals surface area contributed by atoms with E-state index in [-0.39, 0.29) is 11.7 Å². The Morgan fingerprint density at radius 1 is 1.09 bits per heavy atom. The minimum absolute atomic E-state index is 0.173. The van der Waals surface area contributed by atoms with E-state index >= 15 is 0 Å². The summed E-state index contributed by atoms with van der Waals surface area (Å²) in [7, 11) is 1.58. The zero-order chi connectivity index (χ0) is 22.9. The second kappa shape index (κ2) is 11.6. The number of hydrogen-bond acceptors (Lipinski definition) is 7. The number of ether oxygens (including phenoxy) is 2. The summed E-state index contributed by atoms with van der Waals surface area (Å²) in [6.07, 6.45) is 1.55. The first kappa shape index (κ1) is 23.7. The lowest BCUT2D eigenvalue weighted by molar-refractivity contribution is -0.118. The lowest BCUT2D eigenvalue weighted by Crippen LogP contribution is -2.19. The molecule has 32 heavy (non-hydrogen) atoms. The van der Waals surface area contributed by atoms with Gasteiger partial charge in [-0.3, -0.25) is 4.79 Å². The number of benzene rings is 2. The number of carbonyl (C=O) groups is 1. The van der Waals surface area contributed by atoms with E-state index in [1.165, 1.54) is 11.8 Å². The molecule has 2 aromatic carbocycles. The fourth-order valence-corrected chi connectivity index (χ4v) is 3.73. The maximum atomic E-state index is 12.0. The number of methoxy groups -OCH3 is 1. The Morgan fingerprint density at radius 2 is 1.81 bits per heavy atom. The molecule has 0 aliphatic heterocycles. The van der Waals surface area contributed by atoms with Crippen molar-refractivity contribution >= 4 is 39.8 Å². The molecule has 1 amide bonds. The maximum Gasteiger partial charge on any atom is 0.250 e. The number of aryl methyl sites for hydroxylation is 2. The molecule has 0 unspecified atom stereocenters. The van der Waals surface area contributed by atoms with Gasteiger partial charge in [0.05, 0.1) is 19.1 Å². The molecule has 0 aliphatic carbocycles. The molecule has 1 heterocycles. The highest BCUT2D eigenvalue weighted by Crippen LogP contribution is 2.28. The van der Waals surface area contributed by atoms with Crippen LogP contribution in [0.25, 0.3) is 0 Å². The number of nitrogens with one attached hydrogen (secondary N) is 1.